The zero-order valence-electron chi connectivity index (χ0n) is 11.1. The summed E-state index contributed by atoms with van der Waals surface area (Å²) in [6.45, 7) is 10.2. The third-order valence-electron chi connectivity index (χ3n) is 2.56. The molecule has 3 heteroatoms. The van der Waals surface area contributed by atoms with Gasteiger partial charge in [-0.1, -0.05) is 17.7 Å². The molecular formula is C14H20O2S. The van der Waals surface area contributed by atoms with Crippen LogP contribution in [-0.4, -0.2) is 15.8 Å². The van der Waals surface area contributed by atoms with Gasteiger partial charge < -0.3 is 5.11 Å². The van der Waals surface area contributed by atoms with Crippen LogP contribution in [0.1, 0.15) is 37.0 Å². The summed E-state index contributed by atoms with van der Waals surface area (Å²) >= 11 is 1.66. The van der Waals surface area contributed by atoms with Crippen LogP contribution in [-0.2, 0) is 4.79 Å². The summed E-state index contributed by atoms with van der Waals surface area (Å²) in [7, 11) is 0. The second-order valence-corrected chi connectivity index (χ2v) is 6.88. The van der Waals surface area contributed by atoms with Gasteiger partial charge in [0.05, 0.1) is 6.42 Å². The maximum Gasteiger partial charge on any atom is 0.304 e. The molecule has 1 rings (SSSR count). The predicted molar refractivity (Wildman–Crippen MR) is 72.8 cm³/mol. The predicted octanol–water partition coefficient (Wildman–Crippen LogP) is 3.96. The van der Waals surface area contributed by atoms with Gasteiger partial charge in [-0.05, 0) is 45.7 Å². The first kappa shape index (κ1) is 14.1. The first-order valence-corrected chi connectivity index (χ1v) is 6.51. The molecule has 0 bridgehead atoms. The van der Waals surface area contributed by atoms with Crippen LogP contribution in [0.5, 0.6) is 0 Å². The molecule has 0 heterocycles. The average Bonchev–Trinajstić information content (AvgIpc) is 2.09. The maximum atomic E-state index is 10.8. The van der Waals surface area contributed by atoms with Crippen LogP contribution in [0.3, 0.4) is 0 Å². The Hall–Kier alpha value is -0.960. The summed E-state index contributed by atoms with van der Waals surface area (Å²) in [5.74, 6) is -0.745. The lowest BCUT2D eigenvalue weighted by molar-refractivity contribution is -0.137. The van der Waals surface area contributed by atoms with E-state index in [4.69, 9.17) is 5.11 Å². The molecule has 1 N–H and O–H groups in total. The summed E-state index contributed by atoms with van der Waals surface area (Å²) in [5.41, 5.74) is 3.71. The Balaban J connectivity index is 2.99. The number of carboxylic acids is 1. The van der Waals surface area contributed by atoms with Crippen LogP contribution < -0.4 is 0 Å². The minimum Gasteiger partial charge on any atom is -0.481 e. The standard InChI is InChI=1S/C14H20O2S/c1-9-6-10(2)13(11(3)7-9)17-14(4,5)8-12(15)16/h6-7H,8H2,1-5H3,(H,15,16). The first-order valence-electron chi connectivity index (χ1n) is 5.70. The third kappa shape index (κ3) is 4.08. The number of aryl methyl sites for hydroxylation is 3. The summed E-state index contributed by atoms with van der Waals surface area (Å²) in [6.07, 6.45) is 0.171. The highest BCUT2D eigenvalue weighted by molar-refractivity contribution is 8.00. The van der Waals surface area contributed by atoms with Gasteiger partial charge >= 0.3 is 5.97 Å². The van der Waals surface area contributed by atoms with E-state index in [1.807, 2.05) is 13.8 Å². The Kier molecular flexibility index (Phi) is 4.26. The Morgan fingerprint density at radius 3 is 2.12 bits per heavy atom. The van der Waals surface area contributed by atoms with E-state index in [2.05, 4.69) is 32.9 Å². The maximum absolute atomic E-state index is 10.8. The largest absolute Gasteiger partial charge is 0.481 e. The van der Waals surface area contributed by atoms with E-state index in [0.29, 0.717) is 0 Å². The lowest BCUT2D eigenvalue weighted by Crippen LogP contribution is -2.20. The fourth-order valence-corrected chi connectivity index (χ4v) is 3.19. The molecule has 0 aromatic heterocycles. The molecule has 0 saturated heterocycles. The third-order valence-corrected chi connectivity index (χ3v) is 4.10. The van der Waals surface area contributed by atoms with Gasteiger partial charge in [0.1, 0.15) is 0 Å². The number of rotatable bonds is 4. The van der Waals surface area contributed by atoms with Gasteiger partial charge in [0.25, 0.3) is 0 Å². The lowest BCUT2D eigenvalue weighted by atomic mass is 10.1. The fourth-order valence-electron chi connectivity index (χ4n) is 2.00. The molecule has 17 heavy (non-hydrogen) atoms. The van der Waals surface area contributed by atoms with Gasteiger partial charge in [0, 0.05) is 9.64 Å². The Morgan fingerprint density at radius 2 is 1.71 bits per heavy atom. The van der Waals surface area contributed by atoms with E-state index in [1.54, 1.807) is 11.8 Å². The van der Waals surface area contributed by atoms with Gasteiger partial charge in [-0.15, -0.1) is 11.8 Å². The van der Waals surface area contributed by atoms with Gasteiger partial charge in [0.15, 0.2) is 0 Å². The minimum atomic E-state index is -0.745. The second-order valence-electron chi connectivity index (χ2n) is 5.16. The molecule has 0 unspecified atom stereocenters. The van der Waals surface area contributed by atoms with Crippen molar-refractivity contribution in [2.75, 3.05) is 0 Å². The van der Waals surface area contributed by atoms with Crippen LogP contribution >= 0.6 is 11.8 Å². The molecule has 2 nitrogen and oxygen atoms in total. The van der Waals surface area contributed by atoms with Gasteiger partial charge in [0.2, 0.25) is 0 Å². The van der Waals surface area contributed by atoms with Crippen LogP contribution in [0.25, 0.3) is 0 Å². The van der Waals surface area contributed by atoms with E-state index in [9.17, 15) is 4.79 Å². The average molecular weight is 252 g/mol. The van der Waals surface area contributed by atoms with Gasteiger partial charge in [-0.2, -0.15) is 0 Å². The van der Waals surface area contributed by atoms with Crippen LogP contribution in [0, 0.1) is 20.8 Å². The molecule has 0 aliphatic heterocycles. The molecule has 0 spiro atoms. The fraction of sp³-hybridized carbons (Fsp3) is 0.500. The molecule has 0 aliphatic rings. The quantitative estimate of drug-likeness (QED) is 0.824. The van der Waals surface area contributed by atoms with Gasteiger partial charge in [-0.25, -0.2) is 0 Å². The number of hydrogen-bond donors (Lipinski definition) is 1. The number of hydrogen-bond acceptors (Lipinski definition) is 2. The highest BCUT2D eigenvalue weighted by Crippen LogP contribution is 2.39. The zero-order valence-corrected chi connectivity index (χ0v) is 11.9. The molecule has 0 atom stereocenters. The van der Waals surface area contributed by atoms with Crippen molar-refractivity contribution < 1.29 is 9.90 Å². The number of carbonyl (C=O) groups is 1. The van der Waals surface area contributed by atoms with E-state index < -0.39 is 5.97 Å². The SMILES string of the molecule is Cc1cc(C)c(SC(C)(C)CC(=O)O)c(C)c1. The van der Waals surface area contributed by atoms with E-state index in [1.165, 1.54) is 21.6 Å². The summed E-state index contributed by atoms with van der Waals surface area (Å²) in [4.78, 5) is 12.0. The number of carboxylic acid groups (broad SMARTS) is 1. The van der Waals surface area contributed by atoms with Crippen molar-refractivity contribution in [2.24, 2.45) is 0 Å². The smallest absolute Gasteiger partial charge is 0.304 e. The van der Waals surface area contributed by atoms with Crippen molar-refractivity contribution in [1.29, 1.82) is 0 Å². The summed E-state index contributed by atoms with van der Waals surface area (Å²) in [6, 6.07) is 4.29. The topological polar surface area (TPSA) is 37.3 Å². The molecule has 1 aromatic rings. The van der Waals surface area contributed by atoms with E-state index in [-0.39, 0.29) is 11.2 Å². The van der Waals surface area contributed by atoms with Crippen LogP contribution in [0.15, 0.2) is 17.0 Å². The number of benzene rings is 1. The first-order chi connectivity index (χ1) is 7.71. The minimum absolute atomic E-state index is 0.171. The molecule has 0 amide bonds. The van der Waals surface area contributed by atoms with Crippen molar-refractivity contribution in [3.05, 3.63) is 28.8 Å². The second kappa shape index (κ2) is 5.13. The molecule has 0 saturated carbocycles. The van der Waals surface area contributed by atoms with Gasteiger partial charge in [-0.3, -0.25) is 4.79 Å². The summed E-state index contributed by atoms with van der Waals surface area (Å²) in [5, 5.41) is 8.90. The summed E-state index contributed by atoms with van der Waals surface area (Å²) < 4.78 is -0.281. The number of aliphatic carboxylic acids is 1. The van der Waals surface area contributed by atoms with E-state index >= 15 is 0 Å². The lowest BCUT2D eigenvalue weighted by Gasteiger charge is -2.24. The van der Waals surface area contributed by atoms with Crippen molar-refractivity contribution in [1.82, 2.24) is 0 Å². The van der Waals surface area contributed by atoms with Crippen molar-refractivity contribution in [3.8, 4) is 0 Å². The Labute approximate surface area is 107 Å². The molecule has 94 valence electrons. The highest BCUT2D eigenvalue weighted by Gasteiger charge is 2.24. The highest BCUT2D eigenvalue weighted by atomic mass is 32.2. The monoisotopic (exact) mass is 252 g/mol. The molecule has 0 radical (unpaired) electrons. The van der Waals surface area contributed by atoms with Crippen LogP contribution in [0.4, 0.5) is 0 Å². The zero-order chi connectivity index (χ0) is 13.2. The Morgan fingerprint density at radius 1 is 1.24 bits per heavy atom. The number of thioether (sulfide) groups is 1. The van der Waals surface area contributed by atoms with E-state index in [0.717, 1.165) is 0 Å². The van der Waals surface area contributed by atoms with Crippen LogP contribution in [0.2, 0.25) is 0 Å². The normalized spacial score (nSPS) is 11.6. The van der Waals surface area contributed by atoms with Crippen molar-refractivity contribution >= 4 is 17.7 Å². The molecule has 1 aromatic carbocycles. The molecule has 0 fully saturated rings. The molecular weight excluding hydrogens is 232 g/mol. The Bertz CT molecular complexity index is 413. The molecule has 0 aliphatic carbocycles. The van der Waals surface area contributed by atoms with Crippen molar-refractivity contribution in [3.63, 3.8) is 0 Å². The van der Waals surface area contributed by atoms with Crippen molar-refractivity contribution in [2.45, 2.75) is 50.7 Å².